The van der Waals surface area contributed by atoms with Crippen LogP contribution in [0.3, 0.4) is 0 Å². The van der Waals surface area contributed by atoms with Crippen molar-refractivity contribution >= 4 is 27.5 Å². The van der Waals surface area contributed by atoms with Gasteiger partial charge in [0.2, 0.25) is 5.91 Å². The van der Waals surface area contributed by atoms with Gasteiger partial charge in [0.05, 0.1) is 25.0 Å². The number of nitrogens with one attached hydrogen (secondary N) is 1. The van der Waals surface area contributed by atoms with Crippen LogP contribution >= 0.6 is 15.9 Å². The van der Waals surface area contributed by atoms with Gasteiger partial charge < -0.3 is 15.3 Å². The highest BCUT2D eigenvalue weighted by molar-refractivity contribution is 9.10. The first-order valence-corrected chi connectivity index (χ1v) is 7.67. The molecule has 7 nitrogen and oxygen atoms in total. The van der Waals surface area contributed by atoms with Gasteiger partial charge >= 0.3 is 0 Å². The van der Waals surface area contributed by atoms with Crippen molar-refractivity contribution < 1.29 is 9.90 Å². The fourth-order valence-corrected chi connectivity index (χ4v) is 2.35. The van der Waals surface area contributed by atoms with Gasteiger partial charge in [-0.2, -0.15) is 5.10 Å². The first-order chi connectivity index (χ1) is 9.96. The van der Waals surface area contributed by atoms with Crippen LogP contribution in [-0.2, 0) is 11.3 Å². The summed E-state index contributed by atoms with van der Waals surface area (Å²) in [7, 11) is 0. The van der Waals surface area contributed by atoms with Crippen molar-refractivity contribution in [2.24, 2.45) is 0 Å². The Morgan fingerprint density at radius 3 is 2.67 bits per heavy atom. The van der Waals surface area contributed by atoms with E-state index in [0.717, 1.165) is 4.68 Å². The molecule has 21 heavy (non-hydrogen) atoms. The number of aliphatic hydroxyl groups excluding tert-OH is 1. The Bertz CT molecular complexity index is 543. The number of amides is 1. The second kappa shape index (κ2) is 8.14. The number of carbonyl (C=O) groups excluding carboxylic acids is 1. The zero-order valence-electron chi connectivity index (χ0n) is 12.5. The van der Waals surface area contributed by atoms with Crippen LogP contribution in [0.15, 0.2) is 15.5 Å². The van der Waals surface area contributed by atoms with Gasteiger partial charge in [0, 0.05) is 13.1 Å². The van der Waals surface area contributed by atoms with Crippen LogP contribution in [0, 0.1) is 0 Å². The van der Waals surface area contributed by atoms with Gasteiger partial charge in [-0.25, -0.2) is 4.68 Å². The summed E-state index contributed by atoms with van der Waals surface area (Å²) in [6.45, 7) is 6.82. The smallest absolute Gasteiger partial charge is 0.283 e. The van der Waals surface area contributed by atoms with E-state index < -0.39 is 6.04 Å². The van der Waals surface area contributed by atoms with Crippen molar-refractivity contribution in [1.29, 1.82) is 0 Å². The Balaban J connectivity index is 2.91. The predicted octanol–water partition coefficient (Wildman–Crippen LogP) is 0.667. The van der Waals surface area contributed by atoms with Gasteiger partial charge in [-0.05, 0) is 36.7 Å². The molecule has 0 aromatic carbocycles. The predicted molar refractivity (Wildman–Crippen MR) is 84.3 cm³/mol. The van der Waals surface area contributed by atoms with E-state index in [4.69, 9.17) is 5.11 Å². The minimum Gasteiger partial charge on any atom is -0.394 e. The Hall–Kier alpha value is -1.41. The summed E-state index contributed by atoms with van der Waals surface area (Å²) in [5, 5.41) is 15.8. The molecule has 0 bridgehead atoms. The quantitative estimate of drug-likeness (QED) is 0.745. The summed E-state index contributed by atoms with van der Waals surface area (Å²) in [5.41, 5.74) is 0.110. The fourth-order valence-electron chi connectivity index (χ4n) is 1.92. The standard InChI is InChI=1S/C13H21BrN4O3/c1-4-17(5-2)12(20)9(3)16-10-8-15-18(6-7-19)13(21)11(10)14/h8-9,16,19H,4-7H2,1-3H3. The van der Waals surface area contributed by atoms with Crippen LogP contribution in [0.25, 0.3) is 0 Å². The van der Waals surface area contributed by atoms with Crippen LogP contribution < -0.4 is 10.9 Å². The lowest BCUT2D eigenvalue weighted by atomic mass is 10.2. The Labute approximate surface area is 132 Å². The second-order valence-electron chi connectivity index (χ2n) is 4.50. The summed E-state index contributed by atoms with van der Waals surface area (Å²) in [5.74, 6) is -0.0357. The van der Waals surface area contributed by atoms with Crippen LogP contribution in [-0.4, -0.2) is 51.4 Å². The van der Waals surface area contributed by atoms with Crippen molar-refractivity contribution in [2.75, 3.05) is 25.0 Å². The molecule has 0 saturated heterocycles. The molecule has 1 unspecified atom stereocenters. The Morgan fingerprint density at radius 1 is 1.52 bits per heavy atom. The molecule has 0 fully saturated rings. The molecule has 1 atom stereocenters. The van der Waals surface area contributed by atoms with Gasteiger partial charge in [-0.3, -0.25) is 9.59 Å². The number of carbonyl (C=O) groups is 1. The number of likely N-dealkylation sites (N-methyl/N-ethyl adjacent to an activating group) is 1. The summed E-state index contributed by atoms with van der Waals surface area (Å²) in [4.78, 5) is 25.9. The molecule has 1 aromatic rings. The maximum absolute atomic E-state index is 12.2. The topological polar surface area (TPSA) is 87.5 Å². The molecular formula is C13H21BrN4O3. The van der Waals surface area contributed by atoms with Crippen LogP contribution in [0.4, 0.5) is 5.69 Å². The lowest BCUT2D eigenvalue weighted by Crippen LogP contribution is -2.41. The highest BCUT2D eigenvalue weighted by atomic mass is 79.9. The van der Waals surface area contributed by atoms with Gasteiger partial charge in [0.25, 0.3) is 5.56 Å². The number of hydrogen-bond donors (Lipinski definition) is 2. The molecule has 118 valence electrons. The zero-order chi connectivity index (χ0) is 16.0. The Morgan fingerprint density at radius 2 is 2.14 bits per heavy atom. The first-order valence-electron chi connectivity index (χ1n) is 6.88. The summed E-state index contributed by atoms with van der Waals surface area (Å²) >= 11 is 3.21. The van der Waals surface area contributed by atoms with Crippen LogP contribution in [0.2, 0.25) is 0 Å². The number of anilines is 1. The maximum atomic E-state index is 12.2. The molecule has 0 aliphatic carbocycles. The van der Waals surface area contributed by atoms with Crippen molar-refractivity contribution in [3.8, 4) is 0 Å². The van der Waals surface area contributed by atoms with Gasteiger partial charge in [0.15, 0.2) is 0 Å². The zero-order valence-corrected chi connectivity index (χ0v) is 14.1. The molecule has 0 aliphatic rings. The van der Waals surface area contributed by atoms with E-state index >= 15 is 0 Å². The maximum Gasteiger partial charge on any atom is 0.283 e. The number of aliphatic hydroxyl groups is 1. The molecule has 0 aliphatic heterocycles. The molecular weight excluding hydrogens is 340 g/mol. The average Bonchev–Trinajstić information content (AvgIpc) is 2.48. The number of halogens is 1. The number of rotatable bonds is 7. The largest absolute Gasteiger partial charge is 0.394 e. The van der Waals surface area contributed by atoms with E-state index in [1.165, 1.54) is 6.20 Å². The van der Waals surface area contributed by atoms with Crippen molar-refractivity contribution in [3.05, 3.63) is 21.0 Å². The van der Waals surface area contributed by atoms with Crippen molar-refractivity contribution in [1.82, 2.24) is 14.7 Å². The van der Waals surface area contributed by atoms with E-state index in [1.807, 2.05) is 13.8 Å². The van der Waals surface area contributed by atoms with E-state index in [2.05, 4.69) is 26.3 Å². The van der Waals surface area contributed by atoms with Crippen molar-refractivity contribution in [3.63, 3.8) is 0 Å². The third-order valence-electron chi connectivity index (χ3n) is 3.11. The van der Waals surface area contributed by atoms with Gasteiger partial charge in [-0.1, -0.05) is 0 Å². The monoisotopic (exact) mass is 360 g/mol. The molecule has 1 rings (SSSR count). The SMILES string of the molecule is CCN(CC)C(=O)C(C)Nc1cnn(CCO)c(=O)c1Br. The fraction of sp³-hybridized carbons (Fsp3) is 0.615. The molecule has 1 aromatic heterocycles. The normalized spacial score (nSPS) is 12.0. The first kappa shape index (κ1) is 17.6. The molecule has 1 amide bonds. The highest BCUT2D eigenvalue weighted by Crippen LogP contribution is 2.17. The molecule has 0 saturated carbocycles. The third kappa shape index (κ3) is 4.28. The summed E-state index contributed by atoms with van der Waals surface area (Å²) in [6, 6.07) is -0.462. The molecule has 1 heterocycles. The molecule has 2 N–H and O–H groups in total. The lowest BCUT2D eigenvalue weighted by Gasteiger charge is -2.24. The minimum atomic E-state index is -0.462. The van der Waals surface area contributed by atoms with E-state index in [0.29, 0.717) is 23.2 Å². The average molecular weight is 361 g/mol. The summed E-state index contributed by atoms with van der Waals surface area (Å²) in [6.07, 6.45) is 1.47. The van der Waals surface area contributed by atoms with E-state index in [1.54, 1.807) is 11.8 Å². The molecule has 0 radical (unpaired) electrons. The molecule has 8 heteroatoms. The highest BCUT2D eigenvalue weighted by Gasteiger charge is 2.19. The van der Waals surface area contributed by atoms with Crippen molar-refractivity contribution in [2.45, 2.75) is 33.4 Å². The third-order valence-corrected chi connectivity index (χ3v) is 3.88. The number of nitrogens with zero attached hydrogens (tertiary/aromatic N) is 3. The van der Waals surface area contributed by atoms with Gasteiger partial charge in [0.1, 0.15) is 10.5 Å². The number of aromatic nitrogens is 2. The number of hydrogen-bond acceptors (Lipinski definition) is 5. The Kier molecular flexibility index (Phi) is 6.83. The van der Waals surface area contributed by atoms with E-state index in [-0.39, 0.29) is 24.6 Å². The second-order valence-corrected chi connectivity index (χ2v) is 5.29. The molecule has 0 spiro atoms. The summed E-state index contributed by atoms with van der Waals surface area (Å²) < 4.78 is 1.46. The van der Waals surface area contributed by atoms with Crippen LogP contribution in [0.1, 0.15) is 20.8 Å². The van der Waals surface area contributed by atoms with Crippen LogP contribution in [0.5, 0.6) is 0 Å². The lowest BCUT2D eigenvalue weighted by molar-refractivity contribution is -0.131. The van der Waals surface area contributed by atoms with E-state index in [9.17, 15) is 9.59 Å². The minimum absolute atomic E-state index is 0.0357. The van der Waals surface area contributed by atoms with Gasteiger partial charge in [-0.15, -0.1) is 0 Å².